The van der Waals surface area contributed by atoms with Gasteiger partial charge in [0.05, 0.1) is 30.1 Å². The fourth-order valence-corrected chi connectivity index (χ4v) is 3.36. The van der Waals surface area contributed by atoms with Crippen molar-refractivity contribution >= 4 is 15.7 Å². The predicted octanol–water partition coefficient (Wildman–Crippen LogP) is 1.65. The van der Waals surface area contributed by atoms with Crippen molar-refractivity contribution in [3.05, 3.63) is 59.8 Å². The Kier molecular flexibility index (Phi) is 4.29. The number of aryl methyl sites for hydroxylation is 2. The van der Waals surface area contributed by atoms with Crippen LogP contribution in [0.5, 0.6) is 0 Å². The van der Waals surface area contributed by atoms with Gasteiger partial charge in [-0.2, -0.15) is 18.8 Å². The van der Waals surface area contributed by atoms with Crippen LogP contribution in [-0.2, 0) is 23.6 Å². The quantitative estimate of drug-likeness (QED) is 0.748. The van der Waals surface area contributed by atoms with Crippen LogP contribution in [0.1, 0.15) is 17.0 Å². The lowest BCUT2D eigenvalue weighted by molar-refractivity contribution is 0.598. The fraction of sp³-hybridized carbons (Fsp3) is 0.188. The molecule has 8 nitrogen and oxygen atoms in total. The van der Waals surface area contributed by atoms with Gasteiger partial charge in [-0.25, -0.2) is 4.98 Å². The number of nitrogens with one attached hydrogen (secondary N) is 1. The number of imidazole rings is 1. The SMILES string of the molecule is Cc1nc(S(=O)(=O)Nc2cnn(Cc3cccc(C#N)c3)c2)cn1C. The molecular weight excluding hydrogens is 340 g/mol. The zero-order valence-corrected chi connectivity index (χ0v) is 14.5. The van der Waals surface area contributed by atoms with E-state index in [2.05, 4.69) is 20.9 Å². The molecule has 128 valence electrons. The minimum absolute atomic E-state index is 0.0398. The van der Waals surface area contributed by atoms with E-state index >= 15 is 0 Å². The van der Waals surface area contributed by atoms with E-state index in [0.717, 1.165) is 5.56 Å². The van der Waals surface area contributed by atoms with Gasteiger partial charge in [0.2, 0.25) is 0 Å². The van der Waals surface area contributed by atoms with Crippen LogP contribution in [-0.4, -0.2) is 27.7 Å². The maximum absolute atomic E-state index is 12.4. The van der Waals surface area contributed by atoms with Gasteiger partial charge in [-0.05, 0) is 24.6 Å². The Morgan fingerprint density at radius 1 is 1.32 bits per heavy atom. The summed E-state index contributed by atoms with van der Waals surface area (Å²) in [6.45, 7) is 2.16. The zero-order chi connectivity index (χ0) is 18.0. The molecule has 0 atom stereocenters. The molecule has 0 fully saturated rings. The number of anilines is 1. The molecule has 9 heteroatoms. The van der Waals surface area contributed by atoms with Crippen molar-refractivity contribution in [1.82, 2.24) is 19.3 Å². The standard InChI is InChI=1S/C16H16N6O2S/c1-12-19-16(11-21(12)2)25(23,24)20-15-8-18-22(10-15)9-14-5-3-4-13(6-14)7-17/h3-6,8,10-11,20H,9H2,1-2H3. The highest BCUT2D eigenvalue weighted by molar-refractivity contribution is 7.92. The highest BCUT2D eigenvalue weighted by Gasteiger charge is 2.19. The Balaban J connectivity index is 1.76. The lowest BCUT2D eigenvalue weighted by Crippen LogP contribution is -2.13. The Bertz CT molecular complexity index is 1040. The van der Waals surface area contributed by atoms with Crippen LogP contribution in [0.2, 0.25) is 0 Å². The van der Waals surface area contributed by atoms with Gasteiger partial charge in [-0.3, -0.25) is 9.40 Å². The predicted molar refractivity (Wildman–Crippen MR) is 91.2 cm³/mol. The second-order valence-electron chi connectivity index (χ2n) is 5.58. The number of nitrogens with zero attached hydrogens (tertiary/aromatic N) is 5. The van der Waals surface area contributed by atoms with E-state index in [1.165, 1.54) is 12.4 Å². The minimum atomic E-state index is -3.76. The molecule has 0 radical (unpaired) electrons. The summed E-state index contributed by atoms with van der Waals surface area (Å²) in [4.78, 5) is 4.03. The average Bonchev–Trinajstić information content (AvgIpc) is 3.14. The average molecular weight is 356 g/mol. The highest BCUT2D eigenvalue weighted by atomic mass is 32.2. The number of hydrogen-bond donors (Lipinski definition) is 1. The first-order chi connectivity index (χ1) is 11.9. The molecule has 0 aliphatic rings. The van der Waals surface area contributed by atoms with Gasteiger partial charge in [0.1, 0.15) is 5.82 Å². The molecule has 2 heterocycles. The van der Waals surface area contributed by atoms with Crippen molar-refractivity contribution in [3.8, 4) is 6.07 Å². The molecule has 0 spiro atoms. The molecule has 3 aromatic rings. The van der Waals surface area contributed by atoms with E-state index < -0.39 is 10.0 Å². The third-order valence-electron chi connectivity index (χ3n) is 3.65. The Morgan fingerprint density at radius 3 is 2.80 bits per heavy atom. The van der Waals surface area contributed by atoms with Crippen LogP contribution in [0.25, 0.3) is 0 Å². The van der Waals surface area contributed by atoms with E-state index in [1.807, 2.05) is 6.07 Å². The second kappa shape index (κ2) is 6.41. The van der Waals surface area contributed by atoms with Crippen molar-refractivity contribution < 1.29 is 8.42 Å². The third kappa shape index (κ3) is 3.70. The lowest BCUT2D eigenvalue weighted by Gasteiger charge is -2.03. The van der Waals surface area contributed by atoms with Gasteiger partial charge in [0.15, 0.2) is 5.03 Å². The van der Waals surface area contributed by atoms with E-state index in [1.54, 1.807) is 47.6 Å². The van der Waals surface area contributed by atoms with E-state index in [0.29, 0.717) is 23.6 Å². The molecule has 0 saturated heterocycles. The first-order valence-electron chi connectivity index (χ1n) is 7.41. The van der Waals surface area contributed by atoms with Crippen LogP contribution in [0.3, 0.4) is 0 Å². The van der Waals surface area contributed by atoms with Crippen molar-refractivity contribution in [3.63, 3.8) is 0 Å². The van der Waals surface area contributed by atoms with Crippen LogP contribution < -0.4 is 4.72 Å². The first-order valence-corrected chi connectivity index (χ1v) is 8.90. The molecule has 0 unspecified atom stereocenters. The van der Waals surface area contributed by atoms with Gasteiger partial charge < -0.3 is 4.57 Å². The van der Waals surface area contributed by atoms with Crippen LogP contribution in [0.4, 0.5) is 5.69 Å². The molecular formula is C16H16N6O2S. The lowest BCUT2D eigenvalue weighted by atomic mass is 10.1. The number of benzene rings is 1. The molecule has 25 heavy (non-hydrogen) atoms. The third-order valence-corrected chi connectivity index (χ3v) is 4.90. The summed E-state index contributed by atoms with van der Waals surface area (Å²) in [5.41, 5.74) is 1.81. The topological polar surface area (TPSA) is 106 Å². The van der Waals surface area contributed by atoms with Gasteiger partial charge >= 0.3 is 0 Å². The molecule has 2 aromatic heterocycles. The Hall–Kier alpha value is -3.12. The maximum Gasteiger partial charge on any atom is 0.281 e. The number of sulfonamides is 1. The van der Waals surface area contributed by atoms with Gasteiger partial charge in [0, 0.05) is 19.4 Å². The molecule has 1 aromatic carbocycles. The normalized spacial score (nSPS) is 11.2. The Morgan fingerprint density at radius 2 is 2.12 bits per heavy atom. The van der Waals surface area contributed by atoms with E-state index in [9.17, 15) is 8.42 Å². The number of rotatable bonds is 5. The smallest absolute Gasteiger partial charge is 0.281 e. The monoisotopic (exact) mass is 356 g/mol. The maximum atomic E-state index is 12.4. The molecule has 1 N–H and O–H groups in total. The van der Waals surface area contributed by atoms with E-state index in [-0.39, 0.29) is 5.03 Å². The summed E-state index contributed by atoms with van der Waals surface area (Å²) in [7, 11) is -2.03. The fourth-order valence-electron chi connectivity index (χ4n) is 2.29. The summed E-state index contributed by atoms with van der Waals surface area (Å²) in [5, 5.41) is 13.0. The molecule has 0 aliphatic carbocycles. The van der Waals surface area contributed by atoms with Crippen molar-refractivity contribution in [1.29, 1.82) is 5.26 Å². The van der Waals surface area contributed by atoms with Gasteiger partial charge in [-0.1, -0.05) is 12.1 Å². The van der Waals surface area contributed by atoms with Crippen LogP contribution >= 0.6 is 0 Å². The summed E-state index contributed by atoms with van der Waals surface area (Å²) < 4.78 is 30.4. The molecule has 0 bridgehead atoms. The largest absolute Gasteiger partial charge is 0.337 e. The summed E-state index contributed by atoms with van der Waals surface area (Å²) in [6, 6.07) is 9.25. The van der Waals surface area contributed by atoms with Crippen molar-refractivity contribution in [2.75, 3.05) is 4.72 Å². The first kappa shape index (κ1) is 16.7. The summed E-state index contributed by atoms with van der Waals surface area (Å²) >= 11 is 0. The van der Waals surface area contributed by atoms with Crippen LogP contribution in [0.15, 0.2) is 47.9 Å². The molecule has 3 rings (SSSR count). The van der Waals surface area contributed by atoms with Crippen molar-refractivity contribution in [2.45, 2.75) is 18.5 Å². The van der Waals surface area contributed by atoms with Crippen molar-refractivity contribution in [2.24, 2.45) is 7.05 Å². The number of aromatic nitrogens is 4. The Labute approximate surface area is 145 Å². The molecule has 0 aliphatic heterocycles. The van der Waals surface area contributed by atoms with Crippen LogP contribution in [0, 0.1) is 18.3 Å². The summed E-state index contributed by atoms with van der Waals surface area (Å²) in [6.07, 6.45) is 4.48. The van der Waals surface area contributed by atoms with Gasteiger partial charge in [-0.15, -0.1) is 0 Å². The minimum Gasteiger partial charge on any atom is -0.337 e. The zero-order valence-electron chi connectivity index (χ0n) is 13.7. The number of hydrogen-bond acceptors (Lipinski definition) is 5. The van der Waals surface area contributed by atoms with Gasteiger partial charge in [0.25, 0.3) is 10.0 Å². The molecule has 0 amide bonds. The summed E-state index contributed by atoms with van der Waals surface area (Å²) in [5.74, 6) is 0.605. The highest BCUT2D eigenvalue weighted by Crippen LogP contribution is 2.15. The van der Waals surface area contributed by atoms with E-state index in [4.69, 9.17) is 5.26 Å². The molecule has 0 saturated carbocycles. The second-order valence-corrected chi connectivity index (χ2v) is 7.21. The number of nitriles is 1.